The molecule has 0 radical (unpaired) electrons. The van der Waals surface area contributed by atoms with Crippen molar-refractivity contribution >= 4 is 31.9 Å². The summed E-state index contributed by atoms with van der Waals surface area (Å²) in [7, 11) is -3.57. The van der Waals surface area contributed by atoms with Crippen molar-refractivity contribution in [2.75, 3.05) is 13.1 Å². The Bertz CT molecular complexity index is 805. The van der Waals surface area contributed by atoms with Crippen molar-refractivity contribution in [3.63, 3.8) is 0 Å². The second-order valence-corrected chi connectivity index (χ2v) is 7.75. The molecular weight excluding hydrogens is 392 g/mol. The molecule has 7 heteroatoms. The van der Waals surface area contributed by atoms with Gasteiger partial charge in [-0.1, -0.05) is 31.2 Å². The molecule has 0 bridgehead atoms. The summed E-state index contributed by atoms with van der Waals surface area (Å²) in [5, 5.41) is 2.69. The fourth-order valence-electron chi connectivity index (χ4n) is 2.09. The molecule has 0 atom stereocenters. The lowest BCUT2D eigenvalue weighted by Gasteiger charge is -2.09. The number of benzene rings is 2. The normalized spacial score (nSPS) is 11.2. The smallest absolute Gasteiger partial charge is 0.252 e. The summed E-state index contributed by atoms with van der Waals surface area (Å²) < 4.78 is 27.5. The fraction of sp³-hybridized carbons (Fsp3) is 0.235. The highest BCUT2D eigenvalue weighted by Crippen LogP contribution is 2.15. The van der Waals surface area contributed by atoms with E-state index in [0.29, 0.717) is 10.0 Å². The van der Waals surface area contributed by atoms with Gasteiger partial charge >= 0.3 is 0 Å². The summed E-state index contributed by atoms with van der Waals surface area (Å²) in [5.41, 5.74) is 1.59. The maximum absolute atomic E-state index is 12.2. The van der Waals surface area contributed by atoms with Gasteiger partial charge in [-0.15, -0.1) is 0 Å². The second kappa shape index (κ2) is 8.41. The first-order valence-electron chi connectivity index (χ1n) is 7.55. The Labute approximate surface area is 150 Å². The lowest BCUT2D eigenvalue weighted by molar-refractivity contribution is 0.0953. The zero-order chi connectivity index (χ0) is 17.6. The van der Waals surface area contributed by atoms with Crippen molar-refractivity contribution in [3.8, 4) is 0 Å². The van der Waals surface area contributed by atoms with E-state index in [0.717, 1.165) is 12.0 Å². The number of hydrogen-bond donors (Lipinski definition) is 2. The van der Waals surface area contributed by atoms with E-state index in [1.807, 2.05) is 13.0 Å². The van der Waals surface area contributed by atoms with Gasteiger partial charge in [-0.25, -0.2) is 13.1 Å². The van der Waals surface area contributed by atoms with E-state index in [-0.39, 0.29) is 23.9 Å². The number of rotatable bonds is 7. The van der Waals surface area contributed by atoms with Crippen LogP contribution in [0.3, 0.4) is 0 Å². The number of carbonyl (C=O) groups excluding carboxylic acids is 1. The predicted octanol–water partition coefficient (Wildman–Crippen LogP) is 2.72. The molecule has 0 aliphatic carbocycles. The van der Waals surface area contributed by atoms with Gasteiger partial charge in [0, 0.05) is 17.6 Å². The summed E-state index contributed by atoms with van der Waals surface area (Å²) in [5.74, 6) is -0.256. The van der Waals surface area contributed by atoms with Gasteiger partial charge < -0.3 is 5.32 Å². The first-order valence-corrected chi connectivity index (χ1v) is 9.83. The Morgan fingerprint density at radius 2 is 1.71 bits per heavy atom. The molecule has 0 spiro atoms. The fourth-order valence-corrected chi connectivity index (χ4v) is 3.59. The maximum Gasteiger partial charge on any atom is 0.252 e. The van der Waals surface area contributed by atoms with Gasteiger partial charge in [-0.2, -0.15) is 0 Å². The van der Waals surface area contributed by atoms with Gasteiger partial charge in [0.05, 0.1) is 10.5 Å². The minimum atomic E-state index is -3.57. The number of nitrogens with one attached hydrogen (secondary N) is 2. The van der Waals surface area contributed by atoms with Crippen LogP contribution >= 0.6 is 15.9 Å². The molecule has 0 saturated heterocycles. The van der Waals surface area contributed by atoms with E-state index in [2.05, 4.69) is 26.0 Å². The number of sulfonamides is 1. The van der Waals surface area contributed by atoms with Crippen molar-refractivity contribution in [2.45, 2.75) is 18.2 Å². The molecule has 128 valence electrons. The molecular formula is C17H19BrN2O3S. The minimum absolute atomic E-state index is 0.119. The van der Waals surface area contributed by atoms with Gasteiger partial charge in [0.1, 0.15) is 0 Å². The van der Waals surface area contributed by atoms with E-state index in [9.17, 15) is 13.2 Å². The molecule has 2 N–H and O–H groups in total. The van der Waals surface area contributed by atoms with Gasteiger partial charge in [0.25, 0.3) is 5.91 Å². The first kappa shape index (κ1) is 18.6. The zero-order valence-electron chi connectivity index (χ0n) is 13.3. The van der Waals surface area contributed by atoms with Crippen LogP contribution < -0.4 is 10.0 Å². The number of amides is 1. The molecule has 0 heterocycles. The van der Waals surface area contributed by atoms with Crippen LogP contribution in [0.25, 0.3) is 0 Å². The molecule has 2 aromatic rings. The Morgan fingerprint density at radius 3 is 2.33 bits per heavy atom. The van der Waals surface area contributed by atoms with E-state index >= 15 is 0 Å². The first-order chi connectivity index (χ1) is 11.4. The highest BCUT2D eigenvalue weighted by molar-refractivity contribution is 9.10. The third kappa shape index (κ3) is 4.90. The van der Waals surface area contributed by atoms with Crippen LogP contribution in [0.5, 0.6) is 0 Å². The molecule has 5 nitrogen and oxygen atoms in total. The van der Waals surface area contributed by atoms with Gasteiger partial charge in [-0.3, -0.25) is 4.79 Å². The van der Waals surface area contributed by atoms with E-state index in [1.165, 1.54) is 0 Å². The van der Waals surface area contributed by atoms with Crippen LogP contribution in [-0.4, -0.2) is 27.4 Å². The largest absolute Gasteiger partial charge is 0.351 e. The Balaban J connectivity index is 1.87. The molecule has 0 fully saturated rings. The average molecular weight is 411 g/mol. The second-order valence-electron chi connectivity index (χ2n) is 5.13. The molecule has 2 aromatic carbocycles. The SMILES string of the molecule is CCc1ccc(S(=O)(=O)NCCNC(=O)c2ccccc2Br)cc1. The number of aryl methyl sites for hydroxylation is 1. The maximum atomic E-state index is 12.2. The highest BCUT2D eigenvalue weighted by atomic mass is 79.9. The predicted molar refractivity (Wildman–Crippen MR) is 97.5 cm³/mol. The monoisotopic (exact) mass is 410 g/mol. The summed E-state index contributed by atoms with van der Waals surface area (Å²) in [4.78, 5) is 12.2. The summed E-state index contributed by atoms with van der Waals surface area (Å²) in [6, 6.07) is 13.8. The van der Waals surface area contributed by atoms with Crippen LogP contribution in [0.15, 0.2) is 57.9 Å². The Hall–Kier alpha value is -1.70. The number of carbonyl (C=O) groups is 1. The van der Waals surface area contributed by atoms with Crippen molar-refractivity contribution in [1.29, 1.82) is 0 Å². The van der Waals surface area contributed by atoms with Crippen LogP contribution in [0, 0.1) is 0 Å². The van der Waals surface area contributed by atoms with E-state index in [1.54, 1.807) is 42.5 Å². The molecule has 0 aliphatic rings. The van der Waals surface area contributed by atoms with Gasteiger partial charge in [-0.05, 0) is 52.2 Å². The van der Waals surface area contributed by atoms with E-state index in [4.69, 9.17) is 0 Å². The Morgan fingerprint density at radius 1 is 1.04 bits per heavy atom. The van der Waals surface area contributed by atoms with Crippen molar-refractivity contribution in [3.05, 3.63) is 64.1 Å². The molecule has 24 heavy (non-hydrogen) atoms. The number of hydrogen-bond acceptors (Lipinski definition) is 3. The average Bonchev–Trinajstić information content (AvgIpc) is 2.59. The molecule has 2 rings (SSSR count). The van der Waals surface area contributed by atoms with Crippen molar-refractivity contribution in [1.82, 2.24) is 10.0 Å². The van der Waals surface area contributed by atoms with Crippen LogP contribution in [0.2, 0.25) is 0 Å². The standard InChI is InChI=1S/C17H19BrN2O3S/c1-2-13-7-9-14(10-8-13)24(22,23)20-12-11-19-17(21)15-5-3-4-6-16(15)18/h3-10,20H,2,11-12H2,1H3,(H,19,21). The number of halogens is 1. The van der Waals surface area contributed by atoms with Crippen LogP contribution in [0.1, 0.15) is 22.8 Å². The Kier molecular flexibility index (Phi) is 6.53. The molecule has 0 aromatic heterocycles. The molecule has 1 amide bonds. The quantitative estimate of drug-likeness (QED) is 0.688. The van der Waals surface area contributed by atoms with Gasteiger partial charge in [0.15, 0.2) is 0 Å². The van der Waals surface area contributed by atoms with Crippen molar-refractivity contribution < 1.29 is 13.2 Å². The molecule has 0 unspecified atom stereocenters. The summed E-state index contributed by atoms with van der Waals surface area (Å²) in [6.45, 7) is 2.33. The molecule has 0 aliphatic heterocycles. The lowest BCUT2D eigenvalue weighted by Crippen LogP contribution is -2.34. The van der Waals surface area contributed by atoms with Crippen LogP contribution in [0.4, 0.5) is 0 Å². The summed E-state index contributed by atoms with van der Waals surface area (Å²) >= 11 is 3.31. The summed E-state index contributed by atoms with van der Waals surface area (Å²) in [6.07, 6.45) is 0.856. The molecule has 0 saturated carbocycles. The van der Waals surface area contributed by atoms with Gasteiger partial charge in [0.2, 0.25) is 10.0 Å². The van der Waals surface area contributed by atoms with E-state index < -0.39 is 10.0 Å². The third-order valence-corrected chi connectivity index (χ3v) is 5.63. The zero-order valence-corrected chi connectivity index (χ0v) is 15.7. The topological polar surface area (TPSA) is 75.3 Å². The minimum Gasteiger partial charge on any atom is -0.351 e. The van der Waals surface area contributed by atoms with Crippen LogP contribution in [-0.2, 0) is 16.4 Å². The third-order valence-electron chi connectivity index (χ3n) is 3.46. The van der Waals surface area contributed by atoms with Crippen molar-refractivity contribution in [2.24, 2.45) is 0 Å². The lowest BCUT2D eigenvalue weighted by atomic mass is 10.2. The highest BCUT2D eigenvalue weighted by Gasteiger charge is 2.13.